The Labute approximate surface area is 130 Å². The van der Waals surface area contributed by atoms with Crippen LogP contribution in [0.15, 0.2) is 30.6 Å². The van der Waals surface area contributed by atoms with E-state index < -0.39 is 0 Å². The molecule has 5 nitrogen and oxygen atoms in total. The largest absolute Gasteiger partial charge is 0.381 e. The van der Waals surface area contributed by atoms with Gasteiger partial charge in [-0.1, -0.05) is 6.92 Å². The number of nitrogens with zero attached hydrogens (tertiary/aromatic N) is 3. The van der Waals surface area contributed by atoms with Crippen molar-refractivity contribution in [2.24, 2.45) is 17.8 Å². The third-order valence-electron chi connectivity index (χ3n) is 4.73. The number of nitrogens with one attached hydrogen (secondary N) is 1. The molecule has 2 aromatic heterocycles. The van der Waals surface area contributed by atoms with Crippen molar-refractivity contribution in [2.45, 2.75) is 13.3 Å². The Balaban J connectivity index is 1.51. The summed E-state index contributed by atoms with van der Waals surface area (Å²) in [6, 6.07) is 5.95. The van der Waals surface area contributed by atoms with Crippen molar-refractivity contribution in [2.75, 3.05) is 25.1 Å². The zero-order valence-electron chi connectivity index (χ0n) is 12.7. The van der Waals surface area contributed by atoms with Gasteiger partial charge in [-0.05, 0) is 36.3 Å². The first-order valence-corrected chi connectivity index (χ1v) is 7.95. The molecule has 0 aromatic carbocycles. The van der Waals surface area contributed by atoms with Gasteiger partial charge in [-0.25, -0.2) is 9.97 Å². The fourth-order valence-electron chi connectivity index (χ4n) is 3.28. The molecule has 22 heavy (non-hydrogen) atoms. The van der Waals surface area contributed by atoms with Crippen LogP contribution in [0, 0.1) is 17.8 Å². The molecular weight excluding hydrogens is 276 g/mol. The van der Waals surface area contributed by atoms with E-state index in [1.54, 1.807) is 12.4 Å². The van der Waals surface area contributed by atoms with Gasteiger partial charge in [-0.15, -0.1) is 0 Å². The molecule has 3 heterocycles. The van der Waals surface area contributed by atoms with Gasteiger partial charge in [0, 0.05) is 36.3 Å². The molecule has 2 aliphatic rings. The van der Waals surface area contributed by atoms with E-state index in [2.05, 4.69) is 33.3 Å². The number of anilines is 1. The highest BCUT2D eigenvalue weighted by Gasteiger charge is 2.53. The van der Waals surface area contributed by atoms with Crippen molar-refractivity contribution < 1.29 is 4.74 Å². The van der Waals surface area contributed by atoms with Crippen LogP contribution in [-0.2, 0) is 11.2 Å². The van der Waals surface area contributed by atoms with E-state index >= 15 is 0 Å². The van der Waals surface area contributed by atoms with Crippen LogP contribution in [0.4, 0.5) is 5.82 Å². The first-order valence-electron chi connectivity index (χ1n) is 7.95. The Morgan fingerprint density at radius 3 is 2.68 bits per heavy atom. The van der Waals surface area contributed by atoms with Gasteiger partial charge < -0.3 is 10.1 Å². The van der Waals surface area contributed by atoms with Crippen LogP contribution >= 0.6 is 0 Å². The Morgan fingerprint density at radius 2 is 1.95 bits per heavy atom. The van der Waals surface area contributed by atoms with Crippen molar-refractivity contribution in [1.82, 2.24) is 15.0 Å². The second-order valence-corrected chi connectivity index (χ2v) is 6.07. The average molecular weight is 296 g/mol. The van der Waals surface area contributed by atoms with Crippen molar-refractivity contribution in [3.63, 3.8) is 0 Å². The highest BCUT2D eigenvalue weighted by molar-refractivity contribution is 5.56. The number of hydrogen-bond donors (Lipinski definition) is 1. The first kappa shape index (κ1) is 13.6. The van der Waals surface area contributed by atoms with Crippen LogP contribution < -0.4 is 5.32 Å². The molecule has 1 saturated heterocycles. The zero-order chi connectivity index (χ0) is 14.9. The van der Waals surface area contributed by atoms with Gasteiger partial charge in [0.15, 0.2) is 5.82 Å². The minimum Gasteiger partial charge on any atom is -0.381 e. The molecule has 1 N–H and O–H groups in total. The summed E-state index contributed by atoms with van der Waals surface area (Å²) in [5.74, 6) is 3.96. The van der Waals surface area contributed by atoms with Crippen molar-refractivity contribution >= 4 is 5.82 Å². The molecule has 0 bridgehead atoms. The van der Waals surface area contributed by atoms with Gasteiger partial charge in [-0.2, -0.15) is 0 Å². The van der Waals surface area contributed by atoms with Gasteiger partial charge in [0.2, 0.25) is 0 Å². The molecule has 114 valence electrons. The monoisotopic (exact) mass is 296 g/mol. The molecule has 2 aromatic rings. The highest BCUT2D eigenvalue weighted by Crippen LogP contribution is 2.50. The molecule has 2 fully saturated rings. The van der Waals surface area contributed by atoms with E-state index in [0.717, 1.165) is 66.8 Å². The summed E-state index contributed by atoms with van der Waals surface area (Å²) in [4.78, 5) is 13.3. The Bertz CT molecular complexity index is 651. The molecule has 1 aliphatic heterocycles. The van der Waals surface area contributed by atoms with Crippen LogP contribution in [0.1, 0.15) is 12.6 Å². The van der Waals surface area contributed by atoms with E-state index in [-0.39, 0.29) is 0 Å². The molecule has 2 atom stereocenters. The van der Waals surface area contributed by atoms with Gasteiger partial charge >= 0.3 is 0 Å². The number of aromatic nitrogens is 3. The predicted molar refractivity (Wildman–Crippen MR) is 84.4 cm³/mol. The van der Waals surface area contributed by atoms with Crippen LogP contribution in [-0.4, -0.2) is 34.7 Å². The summed E-state index contributed by atoms with van der Waals surface area (Å²) in [5.41, 5.74) is 2.06. The lowest BCUT2D eigenvalue weighted by molar-refractivity contribution is 0.153. The Kier molecular flexibility index (Phi) is 3.50. The number of fused-ring (bicyclic) bond motifs is 1. The summed E-state index contributed by atoms with van der Waals surface area (Å²) in [6.07, 6.45) is 4.45. The molecule has 1 saturated carbocycles. The topological polar surface area (TPSA) is 59.9 Å². The lowest BCUT2D eigenvalue weighted by Crippen LogP contribution is -2.12. The van der Waals surface area contributed by atoms with Crippen molar-refractivity contribution in [3.8, 4) is 11.4 Å². The molecule has 0 radical (unpaired) electrons. The minimum atomic E-state index is 0.748. The molecular formula is C17H20N4O. The number of hydrogen-bond acceptors (Lipinski definition) is 5. The smallest absolute Gasteiger partial charge is 0.161 e. The van der Waals surface area contributed by atoms with Crippen LogP contribution in [0.3, 0.4) is 0 Å². The fraction of sp³-hybridized carbons (Fsp3) is 0.471. The fourth-order valence-corrected chi connectivity index (χ4v) is 3.28. The second-order valence-electron chi connectivity index (χ2n) is 6.07. The minimum absolute atomic E-state index is 0.748. The standard InChI is InChI=1S/C17H20N4O/c1-2-12-7-16(19-8-13-14-9-22-10-15(13)14)21-17(20-12)11-3-5-18-6-4-11/h3-7,13-15H,2,8-10H2,1H3,(H,19,20,21). The number of pyridine rings is 1. The molecule has 5 heteroatoms. The summed E-state index contributed by atoms with van der Waals surface area (Å²) in [7, 11) is 0. The van der Waals surface area contributed by atoms with E-state index in [1.165, 1.54) is 0 Å². The molecule has 1 aliphatic carbocycles. The molecule has 0 spiro atoms. The lowest BCUT2D eigenvalue weighted by Gasteiger charge is -2.10. The maximum Gasteiger partial charge on any atom is 0.161 e. The second kappa shape index (κ2) is 5.65. The zero-order valence-corrected chi connectivity index (χ0v) is 12.7. The molecule has 0 amide bonds. The normalized spacial score (nSPS) is 25.8. The number of ether oxygens (including phenoxy) is 1. The van der Waals surface area contributed by atoms with Gasteiger partial charge in [0.05, 0.1) is 13.2 Å². The number of rotatable bonds is 5. The van der Waals surface area contributed by atoms with Crippen molar-refractivity contribution in [1.29, 1.82) is 0 Å². The SMILES string of the molecule is CCc1cc(NCC2C3COCC23)nc(-c2ccncc2)n1. The third-order valence-corrected chi connectivity index (χ3v) is 4.73. The Hall–Kier alpha value is -2.01. The van der Waals surface area contributed by atoms with E-state index in [1.807, 2.05) is 12.1 Å². The van der Waals surface area contributed by atoms with E-state index in [4.69, 9.17) is 4.74 Å². The van der Waals surface area contributed by atoms with E-state index in [9.17, 15) is 0 Å². The third kappa shape index (κ3) is 2.57. The lowest BCUT2D eigenvalue weighted by atomic mass is 10.2. The number of aryl methyl sites for hydroxylation is 1. The Morgan fingerprint density at radius 1 is 1.18 bits per heavy atom. The maximum atomic E-state index is 5.44. The summed E-state index contributed by atoms with van der Waals surface area (Å²) in [6.45, 7) is 4.96. The average Bonchev–Trinajstić information content (AvgIpc) is 3.01. The summed E-state index contributed by atoms with van der Waals surface area (Å²) >= 11 is 0. The van der Waals surface area contributed by atoms with Crippen molar-refractivity contribution in [3.05, 3.63) is 36.3 Å². The van der Waals surface area contributed by atoms with Gasteiger partial charge in [-0.3, -0.25) is 4.98 Å². The highest BCUT2D eigenvalue weighted by atomic mass is 16.5. The first-order chi connectivity index (χ1) is 10.8. The van der Waals surface area contributed by atoms with Crippen LogP contribution in [0.5, 0.6) is 0 Å². The summed E-state index contributed by atoms with van der Waals surface area (Å²) in [5, 5.41) is 3.50. The predicted octanol–water partition coefficient (Wildman–Crippen LogP) is 2.41. The summed E-state index contributed by atoms with van der Waals surface area (Å²) < 4.78 is 5.44. The van der Waals surface area contributed by atoms with Gasteiger partial charge in [0.1, 0.15) is 5.82 Å². The maximum absolute atomic E-state index is 5.44. The van der Waals surface area contributed by atoms with E-state index in [0.29, 0.717) is 0 Å². The quantitative estimate of drug-likeness (QED) is 0.918. The molecule has 4 rings (SSSR count). The van der Waals surface area contributed by atoms with Crippen LogP contribution in [0.2, 0.25) is 0 Å². The molecule has 2 unspecified atom stereocenters. The van der Waals surface area contributed by atoms with Gasteiger partial charge in [0.25, 0.3) is 0 Å². The van der Waals surface area contributed by atoms with Crippen LogP contribution in [0.25, 0.3) is 11.4 Å².